The van der Waals surface area contributed by atoms with Crippen LogP contribution in [0.2, 0.25) is 0 Å². The second kappa shape index (κ2) is 37.6. The maximum absolute atomic E-state index is 13.1. The lowest BCUT2D eigenvalue weighted by Crippen LogP contribution is -2.65. The Bertz CT molecular complexity index is 1520. The van der Waals surface area contributed by atoms with Gasteiger partial charge in [0.15, 0.2) is 12.6 Å². The van der Waals surface area contributed by atoms with Gasteiger partial charge in [0.25, 0.3) is 0 Å². The highest BCUT2D eigenvalue weighted by Gasteiger charge is 2.50. The van der Waals surface area contributed by atoms with Crippen LogP contribution in [0.25, 0.3) is 0 Å². The van der Waals surface area contributed by atoms with Crippen molar-refractivity contribution in [1.29, 1.82) is 0 Å². The smallest absolute Gasteiger partial charge is 0.220 e. The van der Waals surface area contributed by atoms with E-state index in [2.05, 4.69) is 104 Å². The molecule has 0 bridgehead atoms. The molecule has 2 heterocycles. The molecule has 2 aliphatic heterocycles. The van der Waals surface area contributed by atoms with Gasteiger partial charge in [-0.05, 0) is 83.5 Å². The van der Waals surface area contributed by atoms with Crippen molar-refractivity contribution < 1.29 is 64.6 Å². The normalized spacial score (nSPS) is 27.8. The van der Waals surface area contributed by atoms with Crippen LogP contribution in [-0.4, -0.2) is 140 Å². The minimum Gasteiger partial charge on any atom is -0.394 e. The second-order valence-electron chi connectivity index (χ2n) is 16.5. The van der Waals surface area contributed by atoms with E-state index in [1.54, 1.807) is 6.08 Å². The topological polar surface area (TPSA) is 228 Å². The maximum atomic E-state index is 13.1. The average Bonchev–Trinajstić information content (AvgIpc) is 3.31. The lowest BCUT2D eigenvalue weighted by atomic mass is 9.97. The van der Waals surface area contributed by atoms with Crippen LogP contribution in [-0.2, 0) is 23.7 Å². The molecule has 12 unspecified atom stereocenters. The molecule has 66 heavy (non-hydrogen) atoms. The molecule has 2 saturated heterocycles. The summed E-state index contributed by atoms with van der Waals surface area (Å²) < 4.78 is 22.6. The first-order valence-corrected chi connectivity index (χ1v) is 24.1. The van der Waals surface area contributed by atoms with Crippen molar-refractivity contribution in [2.45, 2.75) is 190 Å². The molecule has 12 atom stereocenters. The van der Waals surface area contributed by atoms with E-state index in [4.69, 9.17) is 18.9 Å². The summed E-state index contributed by atoms with van der Waals surface area (Å²) in [6.45, 7) is 2.52. The molecule has 0 radical (unpaired) electrons. The van der Waals surface area contributed by atoms with Crippen LogP contribution in [0.15, 0.2) is 109 Å². The fourth-order valence-electron chi connectivity index (χ4n) is 6.99. The Hall–Kier alpha value is -3.35. The van der Waals surface area contributed by atoms with Crippen LogP contribution in [0, 0.1) is 0 Å². The van der Waals surface area contributed by atoms with Gasteiger partial charge in [-0.15, -0.1) is 0 Å². The fourth-order valence-corrected chi connectivity index (χ4v) is 6.99. The highest BCUT2D eigenvalue weighted by Crippen LogP contribution is 2.29. The second-order valence-corrected chi connectivity index (χ2v) is 16.5. The molecular weight excluding hydrogens is 847 g/mol. The van der Waals surface area contributed by atoms with Gasteiger partial charge >= 0.3 is 0 Å². The third-order valence-electron chi connectivity index (χ3n) is 10.9. The van der Waals surface area contributed by atoms with Crippen molar-refractivity contribution in [2.24, 2.45) is 0 Å². The Kier molecular flexibility index (Phi) is 33.5. The Morgan fingerprint density at radius 3 is 1.59 bits per heavy atom. The lowest BCUT2D eigenvalue weighted by Gasteiger charge is -2.46. The Morgan fingerprint density at radius 1 is 0.561 bits per heavy atom. The summed E-state index contributed by atoms with van der Waals surface area (Å²) in [5.41, 5.74) is 0. The van der Waals surface area contributed by atoms with Gasteiger partial charge in [0.2, 0.25) is 5.91 Å². The number of allylic oxidation sites excluding steroid dienone is 17. The molecule has 2 rings (SSSR count). The van der Waals surface area contributed by atoms with Gasteiger partial charge < -0.3 is 65.1 Å². The number of aliphatic hydroxyl groups is 8. The van der Waals surface area contributed by atoms with Crippen LogP contribution < -0.4 is 5.32 Å². The van der Waals surface area contributed by atoms with Crippen LogP contribution in [0.4, 0.5) is 0 Å². The largest absolute Gasteiger partial charge is 0.394 e. The minimum atomic E-state index is -1.80. The number of hydrogen-bond acceptors (Lipinski definition) is 13. The fraction of sp³-hybridized carbons (Fsp3) is 0.635. The molecule has 374 valence electrons. The van der Waals surface area contributed by atoms with E-state index in [1.807, 2.05) is 18.2 Å². The molecule has 0 aromatic heterocycles. The van der Waals surface area contributed by atoms with Gasteiger partial charge in [0, 0.05) is 6.42 Å². The first-order valence-electron chi connectivity index (χ1n) is 24.1. The molecular formula is C52H83NO13. The van der Waals surface area contributed by atoms with Crippen molar-refractivity contribution >= 4 is 5.91 Å². The van der Waals surface area contributed by atoms with Crippen molar-refractivity contribution in [1.82, 2.24) is 5.32 Å². The quantitative estimate of drug-likeness (QED) is 0.0277. The number of ether oxygens (including phenoxy) is 4. The van der Waals surface area contributed by atoms with Gasteiger partial charge in [-0.2, -0.15) is 0 Å². The average molecular weight is 930 g/mol. The molecule has 0 spiro atoms. The molecule has 0 aromatic carbocycles. The number of nitrogens with one attached hydrogen (secondary N) is 1. The van der Waals surface area contributed by atoms with Crippen molar-refractivity contribution in [3.63, 3.8) is 0 Å². The zero-order chi connectivity index (χ0) is 48.2. The van der Waals surface area contributed by atoms with Gasteiger partial charge in [-0.3, -0.25) is 4.79 Å². The summed E-state index contributed by atoms with van der Waals surface area (Å²) in [5, 5.41) is 86.5. The highest BCUT2D eigenvalue weighted by molar-refractivity contribution is 5.76. The number of carbonyl (C=O) groups excluding carboxylic acids is 1. The Labute approximate surface area is 394 Å². The molecule has 0 saturated carbocycles. The number of carbonyl (C=O) groups is 1. The van der Waals surface area contributed by atoms with E-state index in [-0.39, 0.29) is 18.9 Å². The van der Waals surface area contributed by atoms with Gasteiger partial charge in [0.1, 0.15) is 48.8 Å². The molecule has 14 nitrogen and oxygen atoms in total. The van der Waals surface area contributed by atoms with Crippen molar-refractivity contribution in [3.8, 4) is 0 Å². The predicted octanol–water partition coefficient (Wildman–Crippen LogP) is 5.76. The molecule has 2 fully saturated rings. The number of amides is 1. The first kappa shape index (κ1) is 58.8. The van der Waals surface area contributed by atoms with Crippen LogP contribution in [0.1, 0.15) is 117 Å². The highest BCUT2D eigenvalue weighted by atomic mass is 16.7. The van der Waals surface area contributed by atoms with Crippen LogP contribution in [0.5, 0.6) is 0 Å². The summed E-state index contributed by atoms with van der Waals surface area (Å²) in [5.74, 6) is -0.343. The third kappa shape index (κ3) is 24.6. The number of aliphatic hydroxyl groups excluding tert-OH is 8. The maximum Gasteiger partial charge on any atom is 0.220 e. The molecule has 2 aliphatic rings. The molecule has 0 aliphatic carbocycles. The molecule has 0 aromatic rings. The zero-order valence-corrected chi connectivity index (χ0v) is 39.4. The number of rotatable bonds is 34. The lowest BCUT2D eigenvalue weighted by molar-refractivity contribution is -0.359. The van der Waals surface area contributed by atoms with E-state index in [0.717, 1.165) is 64.2 Å². The van der Waals surface area contributed by atoms with Crippen molar-refractivity contribution in [3.05, 3.63) is 109 Å². The van der Waals surface area contributed by atoms with Gasteiger partial charge in [-0.1, -0.05) is 136 Å². The summed E-state index contributed by atoms with van der Waals surface area (Å²) >= 11 is 0. The monoisotopic (exact) mass is 930 g/mol. The first-order chi connectivity index (χ1) is 32.1. The van der Waals surface area contributed by atoms with Gasteiger partial charge in [0.05, 0.1) is 32.0 Å². The van der Waals surface area contributed by atoms with E-state index in [0.29, 0.717) is 12.8 Å². The number of hydrogen-bond donors (Lipinski definition) is 9. The van der Waals surface area contributed by atoms with Crippen molar-refractivity contribution in [2.75, 3.05) is 19.8 Å². The predicted molar refractivity (Wildman–Crippen MR) is 258 cm³/mol. The SMILES string of the molecule is CC/C=C\C/C=C\C/C=C\C/C=C\C/C=C\C/C=C\CCC(=O)NC(COC1OC(CO)C(OC2OC(CO)C(O)C(O)C2O)C(O)C1O)C(O)/C=C/CC/C=C/CC/C=C/CCCCC. The Balaban J connectivity index is 1.93. The summed E-state index contributed by atoms with van der Waals surface area (Å²) in [6.07, 6.45) is 34.3. The standard InChI is InChI=1S/C52H83NO13/c1-3-5-7-9-11-13-15-17-18-19-20-21-22-24-26-28-30-32-34-36-44(57)53-40(41(56)35-33-31-29-27-25-23-16-14-12-10-8-6-4-2)39-63-51-49(62)47(60)50(43(38-55)65-51)66-52-48(61)46(59)45(58)42(37-54)64-52/h5,7,11-14,17-18,20-21,24-27,30,32-33,35,40-43,45-52,54-56,58-62H,3-4,6,8-10,15-16,19,22-23,28-29,31,34,36-39H2,1-2H3,(H,53,57)/b7-5-,13-11-,14-12+,18-17-,21-20-,26-24-,27-25+,32-30-,35-33+. The Morgan fingerprint density at radius 2 is 1.05 bits per heavy atom. The summed E-state index contributed by atoms with van der Waals surface area (Å²) in [4.78, 5) is 13.1. The van der Waals surface area contributed by atoms with E-state index in [9.17, 15) is 45.6 Å². The van der Waals surface area contributed by atoms with Crippen LogP contribution >= 0.6 is 0 Å². The summed E-state index contributed by atoms with van der Waals surface area (Å²) in [7, 11) is 0. The third-order valence-corrected chi connectivity index (χ3v) is 10.9. The van der Waals surface area contributed by atoms with Gasteiger partial charge in [-0.25, -0.2) is 0 Å². The zero-order valence-electron chi connectivity index (χ0n) is 39.4. The van der Waals surface area contributed by atoms with E-state index >= 15 is 0 Å². The number of unbranched alkanes of at least 4 members (excludes halogenated alkanes) is 5. The van der Waals surface area contributed by atoms with Crippen LogP contribution in [0.3, 0.4) is 0 Å². The molecule has 9 N–H and O–H groups in total. The summed E-state index contributed by atoms with van der Waals surface area (Å²) in [6, 6.07) is -0.984. The van der Waals surface area contributed by atoms with E-state index in [1.165, 1.54) is 19.3 Å². The molecule has 1 amide bonds. The van der Waals surface area contributed by atoms with E-state index < -0.39 is 86.8 Å². The minimum absolute atomic E-state index is 0.138. The molecule has 14 heteroatoms.